The number of carbonyl (C=O) groups is 4. The number of hydrogen-bond acceptors (Lipinski definition) is 6. The summed E-state index contributed by atoms with van der Waals surface area (Å²) < 4.78 is 89.0. The SMILES string of the molecule is O=C1c2ccc(C(c3ccc4c(c3)C(=O)N(CCCCCO)C4=O)(C(F)(F)F)C(F)(F)F)cc2C(=O)N1CCCCCO. The molecule has 0 radical (unpaired) electrons. The number of carbonyl (C=O) groups excluding carboxylic acids is 4. The minimum Gasteiger partial charge on any atom is -0.396 e. The number of hydrogen-bond donors (Lipinski definition) is 2. The van der Waals surface area contributed by atoms with Gasteiger partial charge in [0.2, 0.25) is 5.41 Å². The number of halogens is 6. The Morgan fingerprint density at radius 2 is 0.860 bits per heavy atom. The van der Waals surface area contributed by atoms with Crippen LogP contribution in [0.15, 0.2) is 36.4 Å². The van der Waals surface area contributed by atoms with Crippen LogP contribution in [-0.4, -0.2) is 82.3 Å². The van der Waals surface area contributed by atoms with Gasteiger partial charge in [0.05, 0.1) is 22.3 Å². The van der Waals surface area contributed by atoms with E-state index in [1.165, 1.54) is 0 Å². The molecular weight excluding hydrogens is 586 g/mol. The summed E-state index contributed by atoms with van der Waals surface area (Å²) in [6.07, 6.45) is -9.92. The first-order valence-electron chi connectivity index (χ1n) is 13.6. The number of aliphatic hydroxyl groups excluding tert-OH is 2. The van der Waals surface area contributed by atoms with Crippen molar-refractivity contribution < 1.29 is 55.7 Å². The minimum atomic E-state index is -6.04. The third kappa shape index (κ3) is 5.42. The number of amides is 4. The number of rotatable bonds is 12. The maximum atomic E-state index is 14.8. The van der Waals surface area contributed by atoms with E-state index in [-0.39, 0.29) is 50.3 Å². The van der Waals surface area contributed by atoms with Gasteiger partial charge < -0.3 is 10.2 Å². The maximum absolute atomic E-state index is 14.8. The van der Waals surface area contributed by atoms with Crippen molar-refractivity contribution in [3.63, 3.8) is 0 Å². The van der Waals surface area contributed by atoms with E-state index >= 15 is 0 Å². The molecule has 8 nitrogen and oxygen atoms in total. The van der Waals surface area contributed by atoms with E-state index in [4.69, 9.17) is 10.2 Å². The molecule has 0 saturated carbocycles. The van der Waals surface area contributed by atoms with E-state index in [1.807, 2.05) is 0 Å². The van der Waals surface area contributed by atoms with Crippen molar-refractivity contribution in [2.75, 3.05) is 26.3 Å². The quantitative estimate of drug-likeness (QED) is 0.205. The lowest BCUT2D eigenvalue weighted by Gasteiger charge is -2.38. The van der Waals surface area contributed by atoms with Crippen LogP contribution >= 0.6 is 0 Å². The first-order valence-corrected chi connectivity index (χ1v) is 13.6. The van der Waals surface area contributed by atoms with Crippen molar-refractivity contribution in [1.29, 1.82) is 0 Å². The molecule has 14 heteroatoms. The summed E-state index contributed by atoms with van der Waals surface area (Å²) in [5, 5.41) is 17.8. The third-order valence-electron chi connectivity index (χ3n) is 7.74. The van der Waals surface area contributed by atoms with Gasteiger partial charge in [0.15, 0.2) is 0 Å². The zero-order valence-corrected chi connectivity index (χ0v) is 22.7. The van der Waals surface area contributed by atoms with Crippen LogP contribution in [-0.2, 0) is 5.41 Å². The molecule has 4 amide bonds. The lowest BCUT2D eigenvalue weighted by atomic mass is 9.71. The predicted molar refractivity (Wildman–Crippen MR) is 138 cm³/mol. The summed E-state index contributed by atoms with van der Waals surface area (Å²) in [5.41, 5.74) is -9.42. The predicted octanol–water partition coefficient (Wildman–Crippen LogP) is 4.61. The van der Waals surface area contributed by atoms with Gasteiger partial charge in [0.1, 0.15) is 0 Å². The fourth-order valence-corrected chi connectivity index (χ4v) is 5.55. The highest BCUT2D eigenvalue weighted by molar-refractivity contribution is 6.22. The Labute approximate surface area is 241 Å². The Morgan fingerprint density at radius 1 is 0.512 bits per heavy atom. The standard InChI is InChI=1S/C29H28F6N2O6/c30-28(31,32)27(29(33,34)35,17-7-9-19-21(15-17)25(42)36(23(19)40)11-3-1-5-13-38)18-8-10-20-22(16-18)26(43)37(24(20)41)12-4-2-6-14-39/h7-10,15-16,38-39H,1-6,11-14H2. The molecule has 2 heterocycles. The van der Waals surface area contributed by atoms with Crippen LogP contribution in [0.25, 0.3) is 0 Å². The number of fused-ring (bicyclic) bond motifs is 2. The van der Waals surface area contributed by atoms with Crippen LogP contribution in [0.2, 0.25) is 0 Å². The molecule has 0 atom stereocenters. The second-order valence-electron chi connectivity index (χ2n) is 10.4. The molecule has 4 rings (SSSR count). The molecule has 2 aliphatic rings. The first kappa shape index (κ1) is 32.1. The average molecular weight is 615 g/mol. The normalized spacial score (nSPS) is 15.5. The van der Waals surface area contributed by atoms with Gasteiger partial charge in [0.25, 0.3) is 23.6 Å². The minimum absolute atomic E-state index is 0.131. The molecule has 0 bridgehead atoms. The number of unbranched alkanes of at least 4 members (excludes halogenated alkanes) is 4. The number of imide groups is 2. The van der Waals surface area contributed by atoms with E-state index in [0.29, 0.717) is 49.9 Å². The van der Waals surface area contributed by atoms with E-state index in [0.717, 1.165) is 21.9 Å². The van der Waals surface area contributed by atoms with E-state index < -0.39 is 63.7 Å². The molecule has 232 valence electrons. The number of benzene rings is 2. The van der Waals surface area contributed by atoms with Crippen molar-refractivity contribution in [1.82, 2.24) is 9.80 Å². The van der Waals surface area contributed by atoms with Crippen LogP contribution in [0.5, 0.6) is 0 Å². The van der Waals surface area contributed by atoms with Gasteiger partial charge >= 0.3 is 12.4 Å². The highest BCUT2D eigenvalue weighted by Gasteiger charge is 2.73. The fourth-order valence-electron chi connectivity index (χ4n) is 5.55. The Kier molecular flexibility index (Phi) is 9.03. The van der Waals surface area contributed by atoms with Crippen LogP contribution in [0.3, 0.4) is 0 Å². The second-order valence-corrected chi connectivity index (χ2v) is 10.4. The number of nitrogens with zero attached hydrogens (tertiary/aromatic N) is 2. The van der Waals surface area contributed by atoms with Gasteiger partial charge in [-0.2, -0.15) is 26.3 Å². The fraction of sp³-hybridized carbons (Fsp3) is 0.448. The van der Waals surface area contributed by atoms with Gasteiger partial charge in [-0.25, -0.2) is 0 Å². The van der Waals surface area contributed by atoms with E-state index in [2.05, 4.69) is 0 Å². The van der Waals surface area contributed by atoms with Crippen molar-refractivity contribution in [2.24, 2.45) is 0 Å². The molecule has 0 aromatic heterocycles. The van der Waals surface area contributed by atoms with Gasteiger partial charge in [-0.05, 0) is 73.9 Å². The van der Waals surface area contributed by atoms with Crippen molar-refractivity contribution in [3.8, 4) is 0 Å². The molecule has 2 aromatic rings. The van der Waals surface area contributed by atoms with Crippen molar-refractivity contribution >= 4 is 23.6 Å². The molecule has 0 aliphatic carbocycles. The summed E-state index contributed by atoms with van der Waals surface area (Å²) >= 11 is 0. The molecule has 0 spiro atoms. The number of alkyl halides is 6. The van der Waals surface area contributed by atoms with E-state index in [1.54, 1.807) is 0 Å². The molecule has 43 heavy (non-hydrogen) atoms. The average Bonchev–Trinajstić information content (AvgIpc) is 3.31. The maximum Gasteiger partial charge on any atom is 0.411 e. The summed E-state index contributed by atoms with van der Waals surface area (Å²) in [4.78, 5) is 52.9. The molecular formula is C29H28F6N2O6. The lowest BCUT2D eigenvalue weighted by molar-refractivity contribution is -0.288. The summed E-state index contributed by atoms with van der Waals surface area (Å²) in [6, 6.07) is 3.32. The van der Waals surface area contributed by atoms with Crippen LogP contribution in [0, 0.1) is 0 Å². The Balaban J connectivity index is 1.80. The zero-order valence-electron chi connectivity index (χ0n) is 22.7. The Morgan fingerprint density at radius 3 is 1.19 bits per heavy atom. The number of aliphatic hydroxyl groups is 2. The van der Waals surface area contributed by atoms with Gasteiger partial charge in [-0.3, -0.25) is 29.0 Å². The zero-order chi connectivity index (χ0) is 31.7. The Bertz CT molecular complexity index is 1330. The van der Waals surface area contributed by atoms with Crippen molar-refractivity contribution in [2.45, 2.75) is 56.3 Å². The van der Waals surface area contributed by atoms with E-state index in [9.17, 15) is 45.5 Å². The largest absolute Gasteiger partial charge is 0.411 e. The second kappa shape index (κ2) is 12.1. The molecule has 2 N–H and O–H groups in total. The summed E-state index contributed by atoms with van der Waals surface area (Å²) in [5.74, 6) is -3.81. The summed E-state index contributed by atoms with van der Waals surface area (Å²) in [7, 11) is 0. The molecule has 0 unspecified atom stereocenters. The molecule has 2 aromatic carbocycles. The van der Waals surface area contributed by atoms with Crippen LogP contribution in [0.4, 0.5) is 26.3 Å². The van der Waals surface area contributed by atoms with Crippen molar-refractivity contribution in [3.05, 3.63) is 69.8 Å². The highest BCUT2D eigenvalue weighted by Crippen LogP contribution is 2.57. The summed E-state index contributed by atoms with van der Waals surface area (Å²) in [6.45, 7) is -0.535. The Hall–Kier alpha value is -3.78. The topological polar surface area (TPSA) is 115 Å². The monoisotopic (exact) mass is 614 g/mol. The van der Waals surface area contributed by atoms with Gasteiger partial charge in [-0.15, -0.1) is 0 Å². The molecule has 0 fully saturated rings. The highest BCUT2D eigenvalue weighted by atomic mass is 19.4. The molecule has 0 saturated heterocycles. The van der Waals surface area contributed by atoms with Gasteiger partial charge in [0, 0.05) is 26.3 Å². The first-order chi connectivity index (χ1) is 20.2. The van der Waals surface area contributed by atoms with Crippen LogP contribution < -0.4 is 0 Å². The third-order valence-corrected chi connectivity index (χ3v) is 7.74. The lowest BCUT2D eigenvalue weighted by Crippen LogP contribution is -2.55. The van der Waals surface area contributed by atoms with Crippen LogP contribution in [0.1, 0.15) is 91.1 Å². The molecule has 2 aliphatic heterocycles. The van der Waals surface area contributed by atoms with Gasteiger partial charge in [-0.1, -0.05) is 12.1 Å². The smallest absolute Gasteiger partial charge is 0.396 e.